The van der Waals surface area contributed by atoms with Crippen LogP contribution in [0.3, 0.4) is 0 Å². The first-order chi connectivity index (χ1) is 17.7. The molecular formula is C27H30N2O7S. The number of benzene rings is 3. The van der Waals surface area contributed by atoms with Gasteiger partial charge in [-0.05, 0) is 74.0 Å². The predicted octanol–water partition coefficient (Wildman–Crippen LogP) is 3.85. The standard InChI is InChI=1S/C27H30N2O7S/c1-17-6-12-23-25(14-17)36-26(16-29(23)37(31,32)21-10-7-19(33-3)8-11-21)27(30)28-18(2)22-15-20(34-4)9-13-24(22)35-5/h6-15,18,26H,16H2,1-5H3,(H,28,30). The summed E-state index contributed by atoms with van der Waals surface area (Å²) in [7, 11) is 0.615. The summed E-state index contributed by atoms with van der Waals surface area (Å²) in [6.45, 7) is 3.48. The van der Waals surface area contributed by atoms with E-state index in [-0.39, 0.29) is 11.4 Å². The maximum absolute atomic E-state index is 13.7. The van der Waals surface area contributed by atoms with Crippen LogP contribution in [0.1, 0.15) is 24.1 Å². The molecule has 0 spiro atoms. The Balaban J connectivity index is 1.64. The molecule has 0 saturated heterocycles. The lowest BCUT2D eigenvalue weighted by molar-refractivity contribution is -0.128. The Hall–Kier alpha value is -3.92. The molecule has 0 saturated carbocycles. The Bertz CT molecular complexity index is 1390. The lowest BCUT2D eigenvalue weighted by Crippen LogP contribution is -2.51. The molecule has 0 radical (unpaired) electrons. The van der Waals surface area contributed by atoms with Crippen LogP contribution in [-0.2, 0) is 14.8 Å². The van der Waals surface area contributed by atoms with Crippen LogP contribution in [0.2, 0.25) is 0 Å². The van der Waals surface area contributed by atoms with Gasteiger partial charge in [0.25, 0.3) is 15.9 Å². The zero-order valence-electron chi connectivity index (χ0n) is 21.3. The number of methoxy groups -OCH3 is 3. The normalized spacial score (nSPS) is 15.7. The molecule has 0 aliphatic carbocycles. The fraction of sp³-hybridized carbons (Fsp3) is 0.296. The topological polar surface area (TPSA) is 103 Å². The Morgan fingerprint density at radius 2 is 1.65 bits per heavy atom. The molecule has 10 heteroatoms. The van der Waals surface area contributed by atoms with E-state index in [9.17, 15) is 13.2 Å². The van der Waals surface area contributed by atoms with Crippen molar-refractivity contribution in [2.75, 3.05) is 32.2 Å². The number of carbonyl (C=O) groups excluding carboxylic acids is 1. The summed E-state index contributed by atoms with van der Waals surface area (Å²) in [5.41, 5.74) is 1.95. The third-order valence-corrected chi connectivity index (χ3v) is 7.98. The fourth-order valence-electron chi connectivity index (χ4n) is 4.16. The van der Waals surface area contributed by atoms with E-state index in [4.69, 9.17) is 18.9 Å². The fourth-order valence-corrected chi connectivity index (χ4v) is 5.64. The summed E-state index contributed by atoms with van der Waals surface area (Å²) in [5, 5.41) is 2.93. The number of carbonyl (C=O) groups is 1. The van der Waals surface area contributed by atoms with Gasteiger partial charge in [-0.1, -0.05) is 6.07 Å². The number of ether oxygens (including phenoxy) is 4. The summed E-state index contributed by atoms with van der Waals surface area (Å²) in [6.07, 6.45) is -1.08. The molecule has 2 atom stereocenters. The van der Waals surface area contributed by atoms with Crippen molar-refractivity contribution >= 4 is 21.6 Å². The predicted molar refractivity (Wildman–Crippen MR) is 139 cm³/mol. The minimum Gasteiger partial charge on any atom is -0.497 e. The number of nitrogens with one attached hydrogen (secondary N) is 1. The largest absolute Gasteiger partial charge is 0.497 e. The number of anilines is 1. The van der Waals surface area contributed by atoms with E-state index in [2.05, 4.69) is 5.32 Å². The van der Waals surface area contributed by atoms with Gasteiger partial charge in [0.15, 0.2) is 6.10 Å². The van der Waals surface area contributed by atoms with E-state index in [1.807, 2.05) is 13.8 Å². The van der Waals surface area contributed by atoms with Gasteiger partial charge in [0.1, 0.15) is 23.0 Å². The highest BCUT2D eigenvalue weighted by molar-refractivity contribution is 7.92. The summed E-state index contributed by atoms with van der Waals surface area (Å²) in [5.74, 6) is 1.60. The van der Waals surface area contributed by atoms with Gasteiger partial charge in [-0.3, -0.25) is 9.10 Å². The Morgan fingerprint density at radius 3 is 2.30 bits per heavy atom. The highest BCUT2D eigenvalue weighted by atomic mass is 32.2. The van der Waals surface area contributed by atoms with Crippen molar-refractivity contribution < 1.29 is 32.2 Å². The first-order valence-electron chi connectivity index (χ1n) is 11.6. The lowest BCUT2D eigenvalue weighted by Gasteiger charge is -2.35. The molecule has 37 heavy (non-hydrogen) atoms. The van der Waals surface area contributed by atoms with Crippen LogP contribution in [0.5, 0.6) is 23.0 Å². The van der Waals surface area contributed by atoms with E-state index in [1.54, 1.807) is 62.8 Å². The van der Waals surface area contributed by atoms with Gasteiger partial charge in [0.2, 0.25) is 0 Å². The summed E-state index contributed by atoms with van der Waals surface area (Å²) in [4.78, 5) is 13.5. The molecule has 0 fully saturated rings. The maximum Gasteiger partial charge on any atom is 0.264 e. The number of amides is 1. The van der Waals surface area contributed by atoms with Crippen LogP contribution in [0.25, 0.3) is 0 Å². The van der Waals surface area contributed by atoms with Crippen molar-refractivity contribution in [1.29, 1.82) is 0 Å². The van der Waals surface area contributed by atoms with Gasteiger partial charge in [-0.2, -0.15) is 0 Å². The van der Waals surface area contributed by atoms with Crippen LogP contribution < -0.4 is 28.6 Å². The number of rotatable bonds is 8. The Kier molecular flexibility index (Phi) is 7.49. The molecule has 1 amide bonds. The summed E-state index contributed by atoms with van der Waals surface area (Å²) in [6, 6.07) is 16.2. The van der Waals surface area contributed by atoms with Crippen molar-refractivity contribution in [2.45, 2.75) is 30.9 Å². The van der Waals surface area contributed by atoms with Crippen molar-refractivity contribution in [3.8, 4) is 23.0 Å². The zero-order chi connectivity index (χ0) is 26.7. The Labute approximate surface area is 217 Å². The quantitative estimate of drug-likeness (QED) is 0.476. The van der Waals surface area contributed by atoms with E-state index >= 15 is 0 Å². The number of fused-ring (bicyclic) bond motifs is 1. The van der Waals surface area contributed by atoms with Crippen LogP contribution >= 0.6 is 0 Å². The van der Waals surface area contributed by atoms with Gasteiger partial charge >= 0.3 is 0 Å². The van der Waals surface area contributed by atoms with E-state index in [1.165, 1.54) is 23.5 Å². The molecule has 196 valence electrons. The zero-order valence-corrected chi connectivity index (χ0v) is 22.2. The molecule has 9 nitrogen and oxygen atoms in total. The van der Waals surface area contributed by atoms with Crippen molar-refractivity contribution in [3.05, 3.63) is 71.8 Å². The average Bonchev–Trinajstić information content (AvgIpc) is 2.91. The van der Waals surface area contributed by atoms with Crippen molar-refractivity contribution in [2.24, 2.45) is 0 Å². The Morgan fingerprint density at radius 1 is 0.973 bits per heavy atom. The number of nitrogens with zero attached hydrogens (tertiary/aromatic N) is 1. The van der Waals surface area contributed by atoms with Crippen LogP contribution in [0, 0.1) is 6.92 Å². The smallest absolute Gasteiger partial charge is 0.264 e. The minimum absolute atomic E-state index is 0.0790. The summed E-state index contributed by atoms with van der Waals surface area (Å²) < 4.78 is 50.5. The molecule has 3 aromatic rings. The molecule has 1 aliphatic heterocycles. The van der Waals surface area contributed by atoms with E-state index in [0.717, 1.165) is 5.56 Å². The van der Waals surface area contributed by atoms with E-state index < -0.39 is 28.1 Å². The number of sulfonamides is 1. The monoisotopic (exact) mass is 526 g/mol. The van der Waals surface area contributed by atoms with E-state index in [0.29, 0.717) is 34.2 Å². The molecular weight excluding hydrogens is 496 g/mol. The number of aryl methyl sites for hydroxylation is 1. The lowest BCUT2D eigenvalue weighted by atomic mass is 10.1. The average molecular weight is 527 g/mol. The first kappa shape index (κ1) is 26.2. The highest BCUT2D eigenvalue weighted by Gasteiger charge is 2.38. The molecule has 1 N–H and O–H groups in total. The molecule has 0 bridgehead atoms. The number of hydrogen-bond donors (Lipinski definition) is 1. The van der Waals surface area contributed by atoms with Crippen molar-refractivity contribution in [1.82, 2.24) is 5.32 Å². The second kappa shape index (κ2) is 10.6. The maximum atomic E-state index is 13.7. The molecule has 4 rings (SSSR count). The molecule has 2 unspecified atom stereocenters. The third kappa shape index (κ3) is 5.29. The van der Waals surface area contributed by atoms with Gasteiger partial charge in [-0.15, -0.1) is 0 Å². The van der Waals surface area contributed by atoms with Crippen molar-refractivity contribution in [3.63, 3.8) is 0 Å². The van der Waals surface area contributed by atoms with Crippen LogP contribution in [0.15, 0.2) is 65.6 Å². The van der Waals surface area contributed by atoms with Gasteiger partial charge < -0.3 is 24.3 Å². The second-order valence-electron chi connectivity index (χ2n) is 8.63. The van der Waals surface area contributed by atoms with Crippen LogP contribution in [-0.4, -0.2) is 48.3 Å². The van der Waals surface area contributed by atoms with Gasteiger partial charge in [-0.25, -0.2) is 8.42 Å². The summed E-state index contributed by atoms with van der Waals surface area (Å²) >= 11 is 0. The molecule has 1 aliphatic rings. The second-order valence-corrected chi connectivity index (χ2v) is 10.5. The molecule has 3 aromatic carbocycles. The highest BCUT2D eigenvalue weighted by Crippen LogP contribution is 2.38. The SMILES string of the molecule is COc1ccc(S(=O)(=O)N2CC(C(=O)NC(C)c3cc(OC)ccc3OC)Oc3cc(C)ccc32)cc1. The third-order valence-electron chi connectivity index (χ3n) is 6.19. The van der Waals surface area contributed by atoms with Gasteiger partial charge in [0.05, 0.1) is 44.5 Å². The molecule has 1 heterocycles. The molecule has 0 aromatic heterocycles. The first-order valence-corrected chi connectivity index (χ1v) is 13.1. The number of hydrogen-bond acceptors (Lipinski definition) is 7. The van der Waals surface area contributed by atoms with Gasteiger partial charge in [0, 0.05) is 5.56 Å². The van der Waals surface area contributed by atoms with Crippen LogP contribution in [0.4, 0.5) is 5.69 Å². The minimum atomic E-state index is -4.00.